The molecule has 186 valence electrons. The molecule has 3 aliphatic rings. The molecule has 2 saturated heterocycles. The van der Waals surface area contributed by atoms with Crippen LogP contribution in [0.4, 0.5) is 22.8 Å². The first-order chi connectivity index (χ1) is 16.9. The SMILES string of the molecule is O=C(NCCCN1CCC2(CC1)OCc1ccc(F)cc12)N1C(=O)OC[C@@H]1c1ccc(F)c(F)c1. The number of halogens is 3. The van der Waals surface area contributed by atoms with Crippen LogP contribution in [0.1, 0.15) is 42.0 Å². The average molecular weight is 489 g/mol. The summed E-state index contributed by atoms with van der Waals surface area (Å²) >= 11 is 0. The minimum absolute atomic E-state index is 0.123. The molecule has 3 heterocycles. The lowest BCUT2D eigenvalue weighted by Crippen LogP contribution is -2.44. The molecule has 0 aromatic heterocycles. The van der Waals surface area contributed by atoms with Gasteiger partial charge in [0.05, 0.1) is 12.2 Å². The van der Waals surface area contributed by atoms with Crippen molar-refractivity contribution in [2.75, 3.05) is 32.8 Å². The zero-order valence-corrected chi connectivity index (χ0v) is 19.1. The number of fused-ring (bicyclic) bond motifs is 2. The normalized spacial score (nSPS) is 21.3. The topological polar surface area (TPSA) is 71.1 Å². The molecule has 0 aliphatic carbocycles. The van der Waals surface area contributed by atoms with Crippen LogP contribution in [0.3, 0.4) is 0 Å². The number of likely N-dealkylation sites (tertiary alicyclic amines) is 1. The molecule has 0 radical (unpaired) electrons. The van der Waals surface area contributed by atoms with Gasteiger partial charge in [-0.05, 0) is 66.8 Å². The number of nitrogens with one attached hydrogen (secondary N) is 1. The fraction of sp³-hybridized carbons (Fsp3) is 0.440. The third kappa shape index (κ3) is 4.60. The second-order valence-electron chi connectivity index (χ2n) is 9.15. The molecule has 5 rings (SSSR count). The van der Waals surface area contributed by atoms with Crippen molar-refractivity contribution in [3.63, 3.8) is 0 Å². The minimum Gasteiger partial charge on any atom is -0.446 e. The summed E-state index contributed by atoms with van der Waals surface area (Å²) in [6, 6.07) is 6.63. The molecule has 0 unspecified atom stereocenters. The van der Waals surface area contributed by atoms with E-state index in [0.29, 0.717) is 19.6 Å². The van der Waals surface area contributed by atoms with Gasteiger partial charge in [-0.25, -0.2) is 27.7 Å². The predicted octanol–water partition coefficient (Wildman–Crippen LogP) is 4.22. The molecule has 1 N–H and O–H groups in total. The number of urea groups is 1. The van der Waals surface area contributed by atoms with Gasteiger partial charge in [-0.2, -0.15) is 0 Å². The fourth-order valence-corrected chi connectivity index (χ4v) is 5.14. The standard InChI is InChI=1S/C25H26F3N3O4/c26-18-4-2-17-14-35-25(19(17)13-18)6-10-30(11-7-25)9-1-8-29-23(32)31-22(15-34-24(31)33)16-3-5-20(27)21(28)12-16/h2-5,12-13,22H,1,6-11,14-15H2,(H,29,32)/t22-/m1/s1. The number of benzene rings is 2. The van der Waals surface area contributed by atoms with E-state index in [9.17, 15) is 22.8 Å². The van der Waals surface area contributed by atoms with Crippen LogP contribution >= 0.6 is 0 Å². The van der Waals surface area contributed by atoms with Crippen molar-refractivity contribution in [1.29, 1.82) is 0 Å². The van der Waals surface area contributed by atoms with E-state index in [1.165, 1.54) is 12.1 Å². The van der Waals surface area contributed by atoms with E-state index >= 15 is 0 Å². The quantitative estimate of drug-likeness (QED) is 0.637. The van der Waals surface area contributed by atoms with Gasteiger partial charge in [0.25, 0.3) is 0 Å². The molecule has 2 fully saturated rings. The Hall–Kier alpha value is -3.11. The highest BCUT2D eigenvalue weighted by molar-refractivity contribution is 5.92. The van der Waals surface area contributed by atoms with Crippen molar-refractivity contribution >= 4 is 12.1 Å². The number of carbonyl (C=O) groups excluding carboxylic acids is 2. The summed E-state index contributed by atoms with van der Waals surface area (Å²) in [6.45, 7) is 3.04. The first-order valence-corrected chi connectivity index (χ1v) is 11.7. The van der Waals surface area contributed by atoms with Gasteiger partial charge in [-0.3, -0.25) is 0 Å². The van der Waals surface area contributed by atoms with Gasteiger partial charge in [-0.1, -0.05) is 12.1 Å². The Morgan fingerprint density at radius 1 is 1.09 bits per heavy atom. The van der Waals surface area contributed by atoms with E-state index in [4.69, 9.17) is 9.47 Å². The summed E-state index contributed by atoms with van der Waals surface area (Å²) in [4.78, 5) is 27.9. The van der Waals surface area contributed by atoms with Crippen LogP contribution < -0.4 is 5.32 Å². The highest BCUT2D eigenvalue weighted by Crippen LogP contribution is 2.44. The molecule has 35 heavy (non-hydrogen) atoms. The molecule has 2 aromatic carbocycles. The van der Waals surface area contributed by atoms with E-state index in [1.54, 1.807) is 12.1 Å². The highest BCUT2D eigenvalue weighted by atomic mass is 19.2. The molecule has 7 nitrogen and oxygen atoms in total. The monoisotopic (exact) mass is 489 g/mol. The number of hydrogen-bond donors (Lipinski definition) is 1. The van der Waals surface area contributed by atoms with E-state index < -0.39 is 35.4 Å². The number of piperidine rings is 1. The van der Waals surface area contributed by atoms with Gasteiger partial charge < -0.3 is 19.7 Å². The molecule has 3 amide bonds. The first-order valence-electron chi connectivity index (χ1n) is 11.7. The lowest BCUT2D eigenvalue weighted by Gasteiger charge is -2.39. The number of rotatable bonds is 5. The van der Waals surface area contributed by atoms with Crippen molar-refractivity contribution in [2.45, 2.75) is 37.5 Å². The molecular weight excluding hydrogens is 463 g/mol. The van der Waals surface area contributed by atoms with Crippen LogP contribution in [-0.2, 0) is 21.7 Å². The van der Waals surface area contributed by atoms with E-state index in [0.717, 1.165) is 60.6 Å². The Labute approximate surface area is 200 Å². The maximum absolute atomic E-state index is 13.8. The highest BCUT2D eigenvalue weighted by Gasteiger charge is 2.43. The number of cyclic esters (lactones) is 1. The number of nitrogens with zero attached hydrogens (tertiary/aromatic N) is 2. The molecule has 2 aromatic rings. The number of ether oxygens (including phenoxy) is 2. The van der Waals surface area contributed by atoms with Crippen LogP contribution in [-0.4, -0.2) is 54.7 Å². The Kier molecular flexibility index (Phi) is 6.41. The summed E-state index contributed by atoms with van der Waals surface area (Å²) in [5, 5.41) is 2.71. The Balaban J connectivity index is 1.10. The molecule has 10 heteroatoms. The summed E-state index contributed by atoms with van der Waals surface area (Å²) in [6.07, 6.45) is 1.37. The predicted molar refractivity (Wildman–Crippen MR) is 119 cm³/mol. The lowest BCUT2D eigenvalue weighted by atomic mass is 9.83. The zero-order chi connectivity index (χ0) is 24.6. The second kappa shape index (κ2) is 9.50. The molecular formula is C25H26F3N3O4. The number of hydrogen-bond acceptors (Lipinski definition) is 5. The maximum Gasteiger partial charge on any atom is 0.418 e. The van der Waals surface area contributed by atoms with Gasteiger partial charge in [0, 0.05) is 19.6 Å². The van der Waals surface area contributed by atoms with Gasteiger partial charge in [0.2, 0.25) is 0 Å². The maximum atomic E-state index is 13.8. The molecule has 1 spiro atoms. The number of carbonyl (C=O) groups is 2. The smallest absolute Gasteiger partial charge is 0.418 e. The van der Waals surface area contributed by atoms with Crippen LogP contribution in [0.15, 0.2) is 36.4 Å². The number of amides is 3. The van der Waals surface area contributed by atoms with Gasteiger partial charge in [-0.15, -0.1) is 0 Å². The van der Waals surface area contributed by atoms with Gasteiger partial charge in [0.1, 0.15) is 18.5 Å². The fourth-order valence-electron chi connectivity index (χ4n) is 5.14. The summed E-state index contributed by atoms with van der Waals surface area (Å²) in [7, 11) is 0. The summed E-state index contributed by atoms with van der Waals surface area (Å²) in [5.74, 6) is -2.31. The molecule has 3 aliphatic heterocycles. The lowest BCUT2D eigenvalue weighted by molar-refractivity contribution is -0.0788. The van der Waals surface area contributed by atoms with Crippen LogP contribution in [0, 0.1) is 17.5 Å². The molecule has 1 atom stereocenters. The third-order valence-corrected chi connectivity index (χ3v) is 7.08. The van der Waals surface area contributed by atoms with Gasteiger partial charge in [0.15, 0.2) is 11.6 Å². The summed E-state index contributed by atoms with van der Waals surface area (Å²) in [5.41, 5.74) is 1.86. The first kappa shape index (κ1) is 23.6. The average Bonchev–Trinajstić information content (AvgIpc) is 3.40. The largest absolute Gasteiger partial charge is 0.446 e. The third-order valence-electron chi connectivity index (χ3n) is 7.08. The van der Waals surface area contributed by atoms with E-state index in [1.807, 2.05) is 0 Å². The van der Waals surface area contributed by atoms with Crippen molar-refractivity contribution in [3.05, 3.63) is 70.5 Å². The Morgan fingerprint density at radius 3 is 2.66 bits per heavy atom. The zero-order valence-electron chi connectivity index (χ0n) is 19.1. The van der Waals surface area contributed by atoms with E-state index in [2.05, 4.69) is 10.2 Å². The van der Waals surface area contributed by atoms with Crippen molar-refractivity contribution in [2.24, 2.45) is 0 Å². The van der Waals surface area contributed by atoms with Crippen molar-refractivity contribution in [3.8, 4) is 0 Å². The van der Waals surface area contributed by atoms with Crippen LogP contribution in [0.5, 0.6) is 0 Å². The Morgan fingerprint density at radius 2 is 1.89 bits per heavy atom. The second-order valence-corrected chi connectivity index (χ2v) is 9.15. The van der Waals surface area contributed by atoms with Crippen LogP contribution in [0.25, 0.3) is 0 Å². The summed E-state index contributed by atoms with van der Waals surface area (Å²) < 4.78 is 51.7. The van der Waals surface area contributed by atoms with Crippen molar-refractivity contribution in [1.82, 2.24) is 15.1 Å². The van der Waals surface area contributed by atoms with Crippen LogP contribution in [0.2, 0.25) is 0 Å². The molecule has 0 bridgehead atoms. The Bertz CT molecular complexity index is 1140. The molecule has 0 saturated carbocycles. The van der Waals surface area contributed by atoms with E-state index in [-0.39, 0.29) is 18.0 Å². The van der Waals surface area contributed by atoms with Crippen molar-refractivity contribution < 1.29 is 32.2 Å². The number of imide groups is 1. The minimum atomic E-state index is -1.05. The van der Waals surface area contributed by atoms with Gasteiger partial charge >= 0.3 is 12.1 Å².